The fourth-order valence-electron chi connectivity index (χ4n) is 3.59. The summed E-state index contributed by atoms with van der Waals surface area (Å²) in [7, 11) is -6.24. The SMILES string of the molecule is Cc1ccc([C@@H]2O[C@H](CO[Si](C)(C)C(C)(C)C)[C@@H](O[Si](C)(C)C(C)(C)C)[C@H]2O[Si](C)(C)C(C)(C)C)cn1. The van der Waals surface area contributed by atoms with Gasteiger partial charge in [0.1, 0.15) is 24.4 Å². The summed E-state index contributed by atoms with van der Waals surface area (Å²) in [5, 5.41) is 0.266. The molecular weight excluding hydrogens is 511 g/mol. The molecule has 0 aliphatic carbocycles. The second-order valence-electron chi connectivity index (χ2n) is 15.6. The molecule has 1 aromatic heterocycles. The molecule has 1 saturated heterocycles. The third-order valence-electron chi connectivity index (χ3n) is 9.46. The highest BCUT2D eigenvalue weighted by Gasteiger charge is 2.54. The predicted molar refractivity (Wildman–Crippen MR) is 164 cm³/mol. The van der Waals surface area contributed by atoms with E-state index in [1.54, 1.807) is 0 Å². The Kier molecular flexibility index (Phi) is 9.68. The van der Waals surface area contributed by atoms with Crippen LogP contribution in [0.3, 0.4) is 0 Å². The first kappa shape index (κ1) is 32.9. The third-order valence-corrected chi connectivity index (χ3v) is 22.9. The van der Waals surface area contributed by atoms with Gasteiger partial charge in [-0.1, -0.05) is 68.4 Å². The Morgan fingerprint density at radius 2 is 1.19 bits per heavy atom. The summed E-state index contributed by atoms with van der Waals surface area (Å²) in [6.07, 6.45) is 1.08. The lowest BCUT2D eigenvalue weighted by molar-refractivity contribution is -0.0173. The van der Waals surface area contributed by atoms with E-state index in [0.717, 1.165) is 11.3 Å². The van der Waals surface area contributed by atoms with Crippen LogP contribution >= 0.6 is 0 Å². The molecule has 0 bridgehead atoms. The van der Waals surface area contributed by atoms with E-state index < -0.39 is 25.0 Å². The molecule has 0 spiro atoms. The number of rotatable bonds is 8. The van der Waals surface area contributed by atoms with Gasteiger partial charge in [0.05, 0.1) is 6.61 Å². The lowest BCUT2D eigenvalue weighted by Crippen LogP contribution is -2.54. The Labute approximate surface area is 231 Å². The van der Waals surface area contributed by atoms with Gasteiger partial charge >= 0.3 is 0 Å². The minimum Gasteiger partial charge on any atom is -0.414 e. The quantitative estimate of drug-likeness (QED) is 0.294. The molecule has 37 heavy (non-hydrogen) atoms. The molecular formula is C29H57NO4Si3. The van der Waals surface area contributed by atoms with Crippen LogP contribution < -0.4 is 0 Å². The maximum absolute atomic E-state index is 7.20. The number of nitrogens with zero attached hydrogens (tertiary/aromatic N) is 1. The molecule has 1 aliphatic rings. The van der Waals surface area contributed by atoms with Crippen LogP contribution in [0.15, 0.2) is 18.3 Å². The standard InChI is InChI=1S/C29H57NO4Si3/c1-21-17-18-22(19-30-21)24-26(34-37(15,16)29(8,9)10)25(33-36(13,14)28(5,6)7)23(32-24)20-31-35(11,12)27(2,3)4/h17-19,23-26H,20H2,1-16H3/t23-,24+,25-,26+/m1/s1. The van der Waals surface area contributed by atoms with Gasteiger partial charge in [-0.15, -0.1) is 0 Å². The molecule has 0 N–H and O–H groups in total. The minimum absolute atomic E-state index is 0.0698. The maximum atomic E-state index is 7.20. The van der Waals surface area contributed by atoms with E-state index in [2.05, 4.69) is 119 Å². The fourth-order valence-corrected chi connectivity index (χ4v) is 7.22. The lowest BCUT2D eigenvalue weighted by Gasteiger charge is -2.44. The average Bonchev–Trinajstić information content (AvgIpc) is 3.00. The largest absolute Gasteiger partial charge is 0.414 e. The molecule has 5 nitrogen and oxygen atoms in total. The number of pyridine rings is 1. The van der Waals surface area contributed by atoms with Crippen molar-refractivity contribution in [3.8, 4) is 0 Å². The smallest absolute Gasteiger partial charge is 0.192 e. The molecule has 2 rings (SSSR count). The Hall–Kier alpha value is -0.359. The normalized spacial score (nSPS) is 24.5. The summed E-state index contributed by atoms with van der Waals surface area (Å²) < 4.78 is 28.0. The summed E-state index contributed by atoms with van der Waals surface area (Å²) in [6.45, 7) is 37.0. The number of hydrogen-bond donors (Lipinski definition) is 0. The average molecular weight is 568 g/mol. The van der Waals surface area contributed by atoms with Crippen molar-refractivity contribution in [1.29, 1.82) is 0 Å². The molecule has 2 heterocycles. The second kappa shape index (κ2) is 10.9. The number of aryl methyl sites for hydroxylation is 1. The number of aromatic nitrogens is 1. The van der Waals surface area contributed by atoms with Crippen LogP contribution in [0.4, 0.5) is 0 Å². The van der Waals surface area contributed by atoms with Crippen molar-refractivity contribution < 1.29 is 18.0 Å². The zero-order valence-electron chi connectivity index (χ0n) is 26.8. The minimum atomic E-state index is -2.13. The van der Waals surface area contributed by atoms with Crippen molar-refractivity contribution >= 4 is 25.0 Å². The van der Waals surface area contributed by atoms with E-state index in [4.69, 9.17) is 18.0 Å². The predicted octanol–water partition coefficient (Wildman–Crippen LogP) is 8.63. The molecule has 0 radical (unpaired) electrons. The Morgan fingerprint density at radius 3 is 1.59 bits per heavy atom. The summed E-state index contributed by atoms with van der Waals surface area (Å²) in [5.41, 5.74) is 2.04. The Balaban J connectivity index is 2.57. The van der Waals surface area contributed by atoms with Crippen LogP contribution in [0, 0.1) is 6.92 Å². The first-order valence-electron chi connectivity index (χ1n) is 14.0. The van der Waals surface area contributed by atoms with Crippen LogP contribution in [0.1, 0.15) is 79.7 Å². The van der Waals surface area contributed by atoms with E-state index in [9.17, 15) is 0 Å². The molecule has 1 aromatic rings. The van der Waals surface area contributed by atoms with Gasteiger partial charge in [0.2, 0.25) is 0 Å². The summed E-state index contributed by atoms with van der Waals surface area (Å²) >= 11 is 0. The topological polar surface area (TPSA) is 49.8 Å². The van der Waals surface area contributed by atoms with Gasteiger partial charge in [-0.25, -0.2) is 0 Å². The first-order chi connectivity index (χ1) is 16.4. The van der Waals surface area contributed by atoms with E-state index in [1.165, 1.54) is 0 Å². The zero-order chi connectivity index (χ0) is 28.8. The molecule has 0 amide bonds. The van der Waals surface area contributed by atoms with Gasteiger partial charge in [-0.3, -0.25) is 4.98 Å². The number of ether oxygens (including phenoxy) is 1. The molecule has 8 heteroatoms. The maximum Gasteiger partial charge on any atom is 0.192 e. The summed E-state index contributed by atoms with van der Waals surface area (Å²) in [4.78, 5) is 4.60. The summed E-state index contributed by atoms with van der Waals surface area (Å²) in [5.74, 6) is 0. The van der Waals surface area contributed by atoms with Crippen molar-refractivity contribution in [2.45, 2.75) is 148 Å². The molecule has 0 unspecified atom stereocenters. The highest BCUT2D eigenvalue weighted by molar-refractivity contribution is 6.75. The van der Waals surface area contributed by atoms with E-state index >= 15 is 0 Å². The summed E-state index contributed by atoms with van der Waals surface area (Å²) in [6, 6.07) is 4.20. The lowest BCUT2D eigenvalue weighted by atomic mass is 10.0. The van der Waals surface area contributed by atoms with Crippen LogP contribution in [-0.2, 0) is 18.0 Å². The zero-order valence-corrected chi connectivity index (χ0v) is 29.8. The van der Waals surface area contributed by atoms with Gasteiger partial charge in [0, 0.05) is 17.5 Å². The molecule has 1 fully saturated rings. The Morgan fingerprint density at radius 1 is 0.730 bits per heavy atom. The van der Waals surface area contributed by atoms with Gasteiger partial charge in [-0.2, -0.15) is 0 Å². The van der Waals surface area contributed by atoms with Gasteiger partial charge in [0.25, 0.3) is 0 Å². The van der Waals surface area contributed by atoms with Crippen molar-refractivity contribution in [3.63, 3.8) is 0 Å². The van der Waals surface area contributed by atoms with E-state index in [0.29, 0.717) is 6.61 Å². The molecule has 4 atom stereocenters. The number of hydrogen-bond acceptors (Lipinski definition) is 5. The molecule has 214 valence electrons. The first-order valence-corrected chi connectivity index (χ1v) is 22.7. The Bertz CT molecular complexity index is 896. The van der Waals surface area contributed by atoms with Gasteiger partial charge < -0.3 is 18.0 Å². The molecule has 0 saturated carbocycles. The van der Waals surface area contributed by atoms with Crippen molar-refractivity contribution in [2.75, 3.05) is 6.61 Å². The van der Waals surface area contributed by atoms with Crippen LogP contribution in [-0.4, -0.2) is 54.9 Å². The second-order valence-corrected chi connectivity index (χ2v) is 29.9. The molecule has 1 aliphatic heterocycles. The highest BCUT2D eigenvalue weighted by atomic mass is 28.4. The van der Waals surface area contributed by atoms with Gasteiger partial charge in [-0.05, 0) is 67.4 Å². The van der Waals surface area contributed by atoms with Crippen LogP contribution in [0.5, 0.6) is 0 Å². The highest BCUT2D eigenvalue weighted by Crippen LogP contribution is 2.47. The van der Waals surface area contributed by atoms with Crippen molar-refractivity contribution in [1.82, 2.24) is 4.98 Å². The van der Waals surface area contributed by atoms with Crippen molar-refractivity contribution in [2.24, 2.45) is 0 Å². The van der Waals surface area contributed by atoms with E-state index in [-0.39, 0.29) is 39.5 Å². The fraction of sp³-hybridized carbons (Fsp3) is 0.828. The van der Waals surface area contributed by atoms with E-state index in [1.807, 2.05) is 13.1 Å². The third kappa shape index (κ3) is 7.64. The van der Waals surface area contributed by atoms with Crippen LogP contribution in [0.25, 0.3) is 0 Å². The van der Waals surface area contributed by atoms with Gasteiger partial charge in [0.15, 0.2) is 25.0 Å². The molecule has 0 aromatic carbocycles. The van der Waals surface area contributed by atoms with Crippen LogP contribution in [0.2, 0.25) is 54.4 Å². The van der Waals surface area contributed by atoms with Crippen molar-refractivity contribution in [3.05, 3.63) is 29.6 Å². The monoisotopic (exact) mass is 567 g/mol.